The molecule has 0 radical (unpaired) electrons. The number of pyridine rings is 2. The Bertz CT molecular complexity index is 1210. The fourth-order valence-electron chi connectivity index (χ4n) is 3.64. The van der Waals surface area contributed by atoms with Crippen molar-refractivity contribution in [3.8, 4) is 11.3 Å². The molecule has 2 heterocycles. The van der Waals surface area contributed by atoms with Crippen molar-refractivity contribution in [2.75, 3.05) is 0 Å². The maximum Gasteiger partial charge on any atom is 0.0781 e. The highest BCUT2D eigenvalue weighted by Gasteiger charge is 2.17. The number of fused-ring (bicyclic) bond motifs is 1. The second-order valence-corrected chi connectivity index (χ2v) is 9.03. The quantitative estimate of drug-likeness (QED) is 0.401. The number of hydrogen-bond donors (Lipinski definition) is 0. The SMILES string of the molecule is c1ccc(P(c2ccccc2)c2cccc(-c3nccc4cnccc34)c2)cc1. The zero-order valence-corrected chi connectivity index (χ0v) is 16.7. The summed E-state index contributed by atoms with van der Waals surface area (Å²) in [4.78, 5) is 8.95. The van der Waals surface area contributed by atoms with Gasteiger partial charge >= 0.3 is 0 Å². The lowest BCUT2D eigenvalue weighted by Gasteiger charge is -2.20. The Morgan fingerprint density at radius 3 is 2.00 bits per heavy atom. The molecule has 0 N–H and O–H groups in total. The topological polar surface area (TPSA) is 25.8 Å². The van der Waals surface area contributed by atoms with E-state index in [0.717, 1.165) is 22.0 Å². The van der Waals surface area contributed by atoms with E-state index in [-0.39, 0.29) is 0 Å². The molecular weight excluding hydrogens is 371 g/mol. The van der Waals surface area contributed by atoms with E-state index in [0.29, 0.717) is 0 Å². The maximum atomic E-state index is 4.70. The van der Waals surface area contributed by atoms with Crippen LogP contribution in [-0.2, 0) is 0 Å². The molecule has 2 nitrogen and oxygen atoms in total. The molecule has 3 heteroatoms. The van der Waals surface area contributed by atoms with Crippen molar-refractivity contribution < 1.29 is 0 Å². The molecule has 0 fully saturated rings. The van der Waals surface area contributed by atoms with Crippen LogP contribution in [0.3, 0.4) is 0 Å². The van der Waals surface area contributed by atoms with Crippen LogP contribution in [0.25, 0.3) is 22.0 Å². The Morgan fingerprint density at radius 1 is 0.586 bits per heavy atom. The van der Waals surface area contributed by atoms with Gasteiger partial charge in [-0.2, -0.15) is 0 Å². The van der Waals surface area contributed by atoms with Crippen LogP contribution < -0.4 is 15.9 Å². The normalized spacial score (nSPS) is 11.1. The molecule has 29 heavy (non-hydrogen) atoms. The minimum absolute atomic E-state index is 0.636. The number of aromatic nitrogens is 2. The van der Waals surface area contributed by atoms with Gasteiger partial charge in [-0.1, -0.05) is 78.9 Å². The van der Waals surface area contributed by atoms with Gasteiger partial charge in [0.25, 0.3) is 0 Å². The van der Waals surface area contributed by atoms with Crippen LogP contribution in [0.1, 0.15) is 0 Å². The Morgan fingerprint density at radius 2 is 1.28 bits per heavy atom. The van der Waals surface area contributed by atoms with Crippen molar-refractivity contribution in [3.05, 3.63) is 116 Å². The molecule has 5 rings (SSSR count). The molecule has 0 amide bonds. The smallest absolute Gasteiger partial charge is 0.0781 e. The van der Waals surface area contributed by atoms with Gasteiger partial charge in [0.15, 0.2) is 0 Å². The van der Waals surface area contributed by atoms with E-state index >= 15 is 0 Å². The van der Waals surface area contributed by atoms with E-state index in [1.54, 1.807) is 0 Å². The molecule has 0 atom stereocenters. The van der Waals surface area contributed by atoms with Crippen LogP contribution in [0.2, 0.25) is 0 Å². The fraction of sp³-hybridized carbons (Fsp3) is 0. The zero-order valence-electron chi connectivity index (χ0n) is 15.8. The Balaban J connectivity index is 1.67. The summed E-state index contributed by atoms with van der Waals surface area (Å²) in [6, 6.07) is 34.4. The summed E-state index contributed by atoms with van der Waals surface area (Å²) >= 11 is 0. The Hall–Kier alpha value is -3.35. The summed E-state index contributed by atoms with van der Waals surface area (Å²) in [6.07, 6.45) is 5.59. The van der Waals surface area contributed by atoms with Crippen LogP contribution in [0.4, 0.5) is 0 Å². The lowest BCUT2D eigenvalue weighted by molar-refractivity contribution is 1.32. The third-order valence-electron chi connectivity index (χ3n) is 4.97. The average molecular weight is 390 g/mol. The van der Waals surface area contributed by atoms with E-state index in [9.17, 15) is 0 Å². The van der Waals surface area contributed by atoms with E-state index in [2.05, 4.69) is 89.9 Å². The van der Waals surface area contributed by atoms with Gasteiger partial charge < -0.3 is 0 Å². The number of benzene rings is 3. The first-order valence-electron chi connectivity index (χ1n) is 9.59. The summed E-state index contributed by atoms with van der Waals surface area (Å²) in [7, 11) is -0.636. The van der Waals surface area contributed by atoms with Crippen LogP contribution in [0.5, 0.6) is 0 Å². The van der Waals surface area contributed by atoms with Gasteiger partial charge in [0.1, 0.15) is 0 Å². The van der Waals surface area contributed by atoms with Crippen molar-refractivity contribution in [2.24, 2.45) is 0 Å². The van der Waals surface area contributed by atoms with E-state index < -0.39 is 7.92 Å². The predicted molar refractivity (Wildman–Crippen MR) is 124 cm³/mol. The molecule has 0 saturated carbocycles. The molecule has 0 bridgehead atoms. The van der Waals surface area contributed by atoms with Gasteiger partial charge in [-0.3, -0.25) is 9.97 Å². The van der Waals surface area contributed by atoms with Crippen molar-refractivity contribution in [1.82, 2.24) is 9.97 Å². The standard InChI is InChI=1S/C26H19N2P/c1-3-9-22(10-4-1)29(23-11-5-2-6-12-23)24-13-7-8-20(18-24)26-25-15-16-27-19-21(25)14-17-28-26/h1-19H. The van der Waals surface area contributed by atoms with Crippen molar-refractivity contribution >= 4 is 34.6 Å². The highest BCUT2D eigenvalue weighted by atomic mass is 31.1. The van der Waals surface area contributed by atoms with Gasteiger partial charge in [-0.25, -0.2) is 0 Å². The average Bonchev–Trinajstić information content (AvgIpc) is 2.81. The summed E-state index contributed by atoms with van der Waals surface area (Å²) in [6.45, 7) is 0. The first-order chi connectivity index (χ1) is 14.4. The van der Waals surface area contributed by atoms with Gasteiger partial charge in [0.05, 0.1) is 5.69 Å². The van der Waals surface area contributed by atoms with Crippen molar-refractivity contribution in [1.29, 1.82) is 0 Å². The van der Waals surface area contributed by atoms with Crippen LogP contribution >= 0.6 is 7.92 Å². The summed E-state index contributed by atoms with van der Waals surface area (Å²) in [5, 5.41) is 6.25. The molecular formula is C26H19N2P. The number of nitrogens with zero attached hydrogens (tertiary/aromatic N) is 2. The first kappa shape index (κ1) is 17.7. The van der Waals surface area contributed by atoms with Crippen molar-refractivity contribution in [2.45, 2.75) is 0 Å². The van der Waals surface area contributed by atoms with Gasteiger partial charge in [0.2, 0.25) is 0 Å². The predicted octanol–water partition coefficient (Wildman–Crippen LogP) is 5.06. The molecule has 5 aromatic rings. The molecule has 0 spiro atoms. The Kier molecular flexibility index (Phi) is 4.86. The van der Waals surface area contributed by atoms with E-state index in [4.69, 9.17) is 4.98 Å². The fourth-order valence-corrected chi connectivity index (χ4v) is 5.98. The highest BCUT2D eigenvalue weighted by Crippen LogP contribution is 2.34. The third kappa shape index (κ3) is 3.55. The van der Waals surface area contributed by atoms with Gasteiger partial charge in [-0.05, 0) is 42.0 Å². The molecule has 0 unspecified atom stereocenters. The number of hydrogen-bond acceptors (Lipinski definition) is 2. The molecule has 3 aromatic carbocycles. The molecule has 138 valence electrons. The van der Waals surface area contributed by atoms with Crippen molar-refractivity contribution in [3.63, 3.8) is 0 Å². The Labute approximate surface area is 171 Å². The van der Waals surface area contributed by atoms with E-state index in [1.165, 1.54) is 15.9 Å². The summed E-state index contributed by atoms with van der Waals surface area (Å²) in [5.41, 5.74) is 2.14. The number of rotatable bonds is 4. The van der Waals surface area contributed by atoms with Crippen LogP contribution in [0, 0.1) is 0 Å². The first-order valence-corrected chi connectivity index (χ1v) is 10.9. The molecule has 0 aliphatic heterocycles. The van der Waals surface area contributed by atoms with Crippen LogP contribution in [-0.4, -0.2) is 9.97 Å². The lowest BCUT2D eigenvalue weighted by Crippen LogP contribution is -2.20. The molecule has 0 aliphatic carbocycles. The molecule has 0 saturated heterocycles. The minimum Gasteiger partial charge on any atom is -0.264 e. The van der Waals surface area contributed by atoms with E-state index in [1.807, 2.05) is 30.7 Å². The lowest BCUT2D eigenvalue weighted by atomic mass is 10.1. The second kappa shape index (κ2) is 7.95. The van der Waals surface area contributed by atoms with Gasteiger partial charge in [-0.15, -0.1) is 0 Å². The monoisotopic (exact) mass is 390 g/mol. The summed E-state index contributed by atoms with van der Waals surface area (Å²) in [5.74, 6) is 0. The summed E-state index contributed by atoms with van der Waals surface area (Å²) < 4.78 is 0. The second-order valence-electron chi connectivity index (χ2n) is 6.81. The van der Waals surface area contributed by atoms with Crippen LogP contribution in [0.15, 0.2) is 116 Å². The third-order valence-corrected chi connectivity index (χ3v) is 7.39. The zero-order chi connectivity index (χ0) is 19.5. The largest absolute Gasteiger partial charge is 0.264 e. The highest BCUT2D eigenvalue weighted by molar-refractivity contribution is 7.79. The molecule has 2 aromatic heterocycles. The van der Waals surface area contributed by atoms with Gasteiger partial charge in [0, 0.05) is 34.9 Å². The minimum atomic E-state index is -0.636. The molecule has 0 aliphatic rings. The maximum absolute atomic E-state index is 4.70.